The van der Waals surface area contributed by atoms with E-state index in [0.717, 1.165) is 23.5 Å². The van der Waals surface area contributed by atoms with Crippen molar-refractivity contribution in [2.75, 3.05) is 27.2 Å². The van der Waals surface area contributed by atoms with Crippen LogP contribution in [0.2, 0.25) is 0 Å². The lowest BCUT2D eigenvalue weighted by Crippen LogP contribution is -2.53. The van der Waals surface area contributed by atoms with Gasteiger partial charge in [0.25, 0.3) is 0 Å². The molecule has 0 radical (unpaired) electrons. The van der Waals surface area contributed by atoms with Gasteiger partial charge in [-0.3, -0.25) is 0 Å². The summed E-state index contributed by atoms with van der Waals surface area (Å²) >= 11 is 0. The van der Waals surface area contributed by atoms with Crippen LogP contribution in [0, 0.1) is 5.92 Å². The normalized spacial score (nSPS) is 16.7. The summed E-state index contributed by atoms with van der Waals surface area (Å²) in [5.41, 5.74) is 0. The van der Waals surface area contributed by atoms with Crippen molar-refractivity contribution in [2.24, 2.45) is 5.92 Å². The van der Waals surface area contributed by atoms with Crippen LogP contribution in [0.1, 0.15) is 40.5 Å². The van der Waals surface area contributed by atoms with Crippen molar-refractivity contribution in [3.05, 3.63) is 0 Å². The second-order valence-electron chi connectivity index (χ2n) is 4.55. The highest BCUT2D eigenvalue weighted by atomic mass is 16.5. The molecule has 0 aliphatic heterocycles. The van der Waals surface area contributed by atoms with Gasteiger partial charge in [-0.25, -0.2) is 0 Å². The van der Waals surface area contributed by atoms with Crippen LogP contribution in [0.25, 0.3) is 0 Å². The van der Waals surface area contributed by atoms with Crippen LogP contribution in [0.15, 0.2) is 0 Å². The van der Waals surface area contributed by atoms with Crippen molar-refractivity contribution in [3.63, 3.8) is 0 Å². The molecular weight excluding hydrogens is 174 g/mol. The standard InChI is InChI=1S/C12H28NO/c1-7-11(4)10-12(14-6)13(5,8-2)9-3/h11-12H,7-10H2,1-6H3/q+1. The Morgan fingerprint density at radius 2 is 1.64 bits per heavy atom. The largest absolute Gasteiger partial charge is 0.332 e. The molecule has 0 saturated carbocycles. The van der Waals surface area contributed by atoms with E-state index in [1.165, 1.54) is 12.8 Å². The summed E-state index contributed by atoms with van der Waals surface area (Å²) in [5, 5.41) is 0. The molecule has 86 valence electrons. The Hall–Kier alpha value is -0.0800. The van der Waals surface area contributed by atoms with Crippen LogP contribution >= 0.6 is 0 Å². The summed E-state index contributed by atoms with van der Waals surface area (Å²) in [6.45, 7) is 11.3. The zero-order chi connectivity index (χ0) is 11.2. The molecule has 0 aliphatic carbocycles. The third-order valence-electron chi connectivity index (χ3n) is 3.71. The molecule has 14 heavy (non-hydrogen) atoms. The van der Waals surface area contributed by atoms with Gasteiger partial charge in [0.05, 0.1) is 20.1 Å². The van der Waals surface area contributed by atoms with E-state index in [9.17, 15) is 0 Å². The minimum absolute atomic E-state index is 0.361. The van der Waals surface area contributed by atoms with E-state index >= 15 is 0 Å². The number of quaternary nitrogens is 1. The lowest BCUT2D eigenvalue weighted by atomic mass is 10.0. The zero-order valence-electron chi connectivity index (χ0n) is 10.8. The van der Waals surface area contributed by atoms with Crippen LogP contribution in [0.4, 0.5) is 0 Å². The molecule has 0 aliphatic rings. The summed E-state index contributed by atoms with van der Waals surface area (Å²) in [4.78, 5) is 0. The van der Waals surface area contributed by atoms with Gasteiger partial charge in [0.15, 0.2) is 6.23 Å². The molecular formula is C12H28NO+. The number of hydrogen-bond acceptors (Lipinski definition) is 1. The van der Waals surface area contributed by atoms with Crippen molar-refractivity contribution in [1.82, 2.24) is 0 Å². The number of ether oxygens (including phenoxy) is 1. The van der Waals surface area contributed by atoms with E-state index in [0.29, 0.717) is 6.23 Å². The van der Waals surface area contributed by atoms with Crippen molar-refractivity contribution in [2.45, 2.75) is 46.8 Å². The average Bonchev–Trinajstić information content (AvgIpc) is 2.24. The predicted molar refractivity (Wildman–Crippen MR) is 62.1 cm³/mol. The van der Waals surface area contributed by atoms with Gasteiger partial charge in [0.1, 0.15) is 0 Å². The van der Waals surface area contributed by atoms with Gasteiger partial charge < -0.3 is 9.22 Å². The summed E-state index contributed by atoms with van der Waals surface area (Å²) in [7, 11) is 4.13. The zero-order valence-corrected chi connectivity index (χ0v) is 10.8. The number of rotatable bonds is 7. The monoisotopic (exact) mass is 202 g/mol. The molecule has 0 saturated heterocycles. The molecule has 2 nitrogen and oxygen atoms in total. The number of methoxy groups -OCH3 is 1. The molecule has 0 fully saturated rings. The van der Waals surface area contributed by atoms with E-state index in [2.05, 4.69) is 34.7 Å². The summed E-state index contributed by atoms with van der Waals surface area (Å²) in [6.07, 6.45) is 2.78. The second-order valence-corrected chi connectivity index (χ2v) is 4.55. The molecule has 0 aromatic carbocycles. The van der Waals surface area contributed by atoms with E-state index in [-0.39, 0.29) is 0 Å². The molecule has 0 spiro atoms. The van der Waals surface area contributed by atoms with Gasteiger partial charge in [0.2, 0.25) is 0 Å². The van der Waals surface area contributed by atoms with Gasteiger partial charge in [-0.1, -0.05) is 20.3 Å². The van der Waals surface area contributed by atoms with E-state index < -0.39 is 0 Å². The van der Waals surface area contributed by atoms with Crippen molar-refractivity contribution >= 4 is 0 Å². The van der Waals surface area contributed by atoms with E-state index in [4.69, 9.17) is 4.74 Å². The summed E-state index contributed by atoms with van der Waals surface area (Å²) < 4.78 is 6.67. The number of nitrogens with zero attached hydrogens (tertiary/aromatic N) is 1. The van der Waals surface area contributed by atoms with Crippen LogP contribution in [0.3, 0.4) is 0 Å². The van der Waals surface area contributed by atoms with E-state index in [1.54, 1.807) is 0 Å². The molecule has 2 unspecified atom stereocenters. The fourth-order valence-electron chi connectivity index (χ4n) is 1.75. The summed E-state index contributed by atoms with van der Waals surface area (Å²) in [6, 6.07) is 0. The first-order chi connectivity index (χ1) is 6.53. The SMILES string of the molecule is CCC(C)CC(OC)[N+](C)(CC)CC. The first kappa shape index (κ1) is 13.9. The Bertz CT molecular complexity index is 143. The Morgan fingerprint density at radius 3 is 1.93 bits per heavy atom. The third-order valence-corrected chi connectivity index (χ3v) is 3.71. The van der Waals surface area contributed by atoms with Crippen LogP contribution in [-0.4, -0.2) is 38.0 Å². The minimum atomic E-state index is 0.361. The van der Waals surface area contributed by atoms with Crippen molar-refractivity contribution in [3.8, 4) is 0 Å². The number of hydrogen-bond donors (Lipinski definition) is 0. The first-order valence-corrected chi connectivity index (χ1v) is 5.91. The Labute approximate surface area is 89.8 Å². The highest BCUT2D eigenvalue weighted by molar-refractivity contribution is 4.55. The molecule has 0 bridgehead atoms. The predicted octanol–water partition coefficient (Wildman–Crippen LogP) is 2.88. The van der Waals surface area contributed by atoms with Crippen molar-refractivity contribution < 1.29 is 9.22 Å². The topological polar surface area (TPSA) is 9.23 Å². The molecule has 0 N–H and O–H groups in total. The van der Waals surface area contributed by atoms with Crippen molar-refractivity contribution in [1.29, 1.82) is 0 Å². The van der Waals surface area contributed by atoms with Gasteiger partial charge >= 0.3 is 0 Å². The maximum absolute atomic E-state index is 5.64. The first-order valence-electron chi connectivity index (χ1n) is 5.91. The van der Waals surface area contributed by atoms with Gasteiger partial charge in [-0.05, 0) is 19.8 Å². The highest BCUT2D eigenvalue weighted by Crippen LogP contribution is 2.20. The van der Waals surface area contributed by atoms with Gasteiger partial charge in [0, 0.05) is 13.5 Å². The Kier molecular flexibility index (Phi) is 6.38. The summed E-state index contributed by atoms with van der Waals surface area (Å²) in [5.74, 6) is 0.760. The molecule has 0 aromatic rings. The maximum Gasteiger partial charge on any atom is 0.192 e. The van der Waals surface area contributed by atoms with Gasteiger partial charge in [-0.2, -0.15) is 0 Å². The van der Waals surface area contributed by atoms with Crippen LogP contribution in [-0.2, 0) is 4.74 Å². The van der Waals surface area contributed by atoms with Crippen LogP contribution in [0.5, 0.6) is 0 Å². The molecule has 0 rings (SSSR count). The highest BCUT2D eigenvalue weighted by Gasteiger charge is 2.30. The lowest BCUT2D eigenvalue weighted by Gasteiger charge is -2.39. The maximum atomic E-state index is 5.64. The fraction of sp³-hybridized carbons (Fsp3) is 1.00. The molecule has 0 heterocycles. The molecule has 0 amide bonds. The second kappa shape index (κ2) is 6.41. The fourth-order valence-corrected chi connectivity index (χ4v) is 1.75. The van der Waals surface area contributed by atoms with E-state index in [1.807, 2.05) is 7.11 Å². The minimum Gasteiger partial charge on any atom is -0.332 e. The third kappa shape index (κ3) is 3.58. The average molecular weight is 202 g/mol. The van der Waals surface area contributed by atoms with Gasteiger partial charge in [-0.15, -0.1) is 0 Å². The Morgan fingerprint density at radius 1 is 1.14 bits per heavy atom. The smallest absolute Gasteiger partial charge is 0.192 e. The molecule has 0 aromatic heterocycles. The van der Waals surface area contributed by atoms with Crippen LogP contribution < -0.4 is 0 Å². The quantitative estimate of drug-likeness (QED) is 0.455. The molecule has 2 atom stereocenters. The molecule has 2 heteroatoms. The lowest BCUT2D eigenvalue weighted by molar-refractivity contribution is -0.952. The Balaban J connectivity index is 4.36.